The van der Waals surface area contributed by atoms with E-state index in [2.05, 4.69) is 50.1 Å². The molecule has 0 spiro atoms. The van der Waals surface area contributed by atoms with E-state index in [1.807, 2.05) is 0 Å². The molecule has 1 aliphatic rings. The van der Waals surface area contributed by atoms with Gasteiger partial charge in [-0.05, 0) is 49.7 Å². The molecule has 1 aromatic rings. The van der Waals surface area contributed by atoms with Crippen molar-refractivity contribution in [3.05, 3.63) is 29.8 Å². The summed E-state index contributed by atoms with van der Waals surface area (Å²) in [4.78, 5) is 2.48. The highest BCUT2D eigenvalue weighted by Crippen LogP contribution is 2.34. The normalized spacial score (nSPS) is 24.4. The Bertz CT molecular complexity index is 408. The zero-order chi connectivity index (χ0) is 14.5. The molecule has 0 amide bonds. The minimum atomic E-state index is 0.153. The number of hydrogen-bond donors (Lipinski definition) is 1. The monoisotopic (exact) mass is 274 g/mol. The van der Waals surface area contributed by atoms with Gasteiger partial charge in [0.15, 0.2) is 0 Å². The first kappa shape index (κ1) is 15.4. The van der Waals surface area contributed by atoms with E-state index in [-0.39, 0.29) is 6.04 Å². The molecule has 0 aromatic heterocycles. The van der Waals surface area contributed by atoms with Gasteiger partial charge in [-0.25, -0.2) is 0 Å². The van der Waals surface area contributed by atoms with Crippen molar-refractivity contribution in [3.8, 4) is 0 Å². The molecule has 112 valence electrons. The fraction of sp³-hybridized carbons (Fsp3) is 0.667. The van der Waals surface area contributed by atoms with Gasteiger partial charge in [0.25, 0.3) is 0 Å². The third kappa shape index (κ3) is 3.35. The van der Waals surface area contributed by atoms with Gasteiger partial charge >= 0.3 is 0 Å². The largest absolute Gasteiger partial charge is 0.371 e. The van der Waals surface area contributed by atoms with Gasteiger partial charge in [-0.2, -0.15) is 0 Å². The van der Waals surface area contributed by atoms with Crippen LogP contribution in [0.15, 0.2) is 24.3 Å². The Morgan fingerprint density at radius 3 is 2.40 bits per heavy atom. The number of benzene rings is 1. The molecule has 1 fully saturated rings. The van der Waals surface area contributed by atoms with E-state index in [1.54, 1.807) is 0 Å². The van der Waals surface area contributed by atoms with Crippen LogP contribution < -0.4 is 10.6 Å². The predicted molar refractivity (Wildman–Crippen MR) is 88.1 cm³/mol. The van der Waals surface area contributed by atoms with Crippen LogP contribution >= 0.6 is 0 Å². The summed E-state index contributed by atoms with van der Waals surface area (Å²) >= 11 is 0. The zero-order valence-electron chi connectivity index (χ0n) is 13.3. The minimum Gasteiger partial charge on any atom is -0.371 e. The van der Waals surface area contributed by atoms with Crippen molar-refractivity contribution < 1.29 is 0 Å². The van der Waals surface area contributed by atoms with Gasteiger partial charge in [0.05, 0.1) is 0 Å². The van der Waals surface area contributed by atoms with Crippen LogP contribution in [0, 0.1) is 5.92 Å². The molecular formula is C18H30N2. The molecule has 1 saturated carbocycles. The smallest absolute Gasteiger partial charge is 0.0414 e. The van der Waals surface area contributed by atoms with Crippen LogP contribution in [0.2, 0.25) is 0 Å². The molecule has 1 atom stereocenters. The van der Waals surface area contributed by atoms with Crippen molar-refractivity contribution in [2.24, 2.45) is 11.7 Å². The second-order valence-corrected chi connectivity index (χ2v) is 6.27. The lowest BCUT2D eigenvalue weighted by atomic mass is 9.83. The number of anilines is 1. The van der Waals surface area contributed by atoms with Gasteiger partial charge < -0.3 is 10.6 Å². The molecule has 2 N–H and O–H groups in total. The first-order valence-electron chi connectivity index (χ1n) is 8.24. The lowest BCUT2D eigenvalue weighted by Crippen LogP contribution is -2.36. The molecule has 0 aliphatic heterocycles. The Morgan fingerprint density at radius 1 is 1.15 bits per heavy atom. The lowest BCUT2D eigenvalue weighted by molar-refractivity contribution is 0.313. The number of hydrogen-bond acceptors (Lipinski definition) is 2. The topological polar surface area (TPSA) is 29.3 Å². The first-order chi connectivity index (χ1) is 9.67. The van der Waals surface area contributed by atoms with Gasteiger partial charge in [-0.15, -0.1) is 0 Å². The van der Waals surface area contributed by atoms with Crippen molar-refractivity contribution in [3.63, 3.8) is 0 Å². The molecule has 0 unspecified atom stereocenters. The quantitative estimate of drug-likeness (QED) is 0.856. The van der Waals surface area contributed by atoms with Crippen LogP contribution in [-0.4, -0.2) is 13.1 Å². The van der Waals surface area contributed by atoms with E-state index in [1.165, 1.54) is 43.4 Å². The first-order valence-corrected chi connectivity index (χ1v) is 8.24. The fourth-order valence-corrected chi connectivity index (χ4v) is 3.48. The Labute approximate surface area is 124 Å². The third-order valence-electron chi connectivity index (χ3n) is 5.10. The van der Waals surface area contributed by atoms with E-state index in [0.29, 0.717) is 6.04 Å². The average molecular weight is 274 g/mol. The van der Waals surface area contributed by atoms with Gasteiger partial charge in [0.1, 0.15) is 0 Å². The Kier molecular flexibility index (Phi) is 5.47. The number of nitrogens with two attached hydrogens (primary N) is 1. The van der Waals surface area contributed by atoms with Gasteiger partial charge in [-0.1, -0.05) is 38.5 Å². The Balaban J connectivity index is 2.11. The van der Waals surface area contributed by atoms with Crippen molar-refractivity contribution in [1.29, 1.82) is 0 Å². The summed E-state index contributed by atoms with van der Waals surface area (Å²) < 4.78 is 0. The third-order valence-corrected chi connectivity index (χ3v) is 5.10. The number of nitrogens with zero attached hydrogens (tertiary/aromatic N) is 1. The maximum atomic E-state index is 6.28. The molecule has 20 heavy (non-hydrogen) atoms. The molecule has 1 aliphatic carbocycles. The molecule has 2 heteroatoms. The fourth-order valence-electron chi connectivity index (χ4n) is 3.48. The van der Waals surface area contributed by atoms with Crippen LogP contribution in [0.5, 0.6) is 0 Å². The van der Waals surface area contributed by atoms with Crippen molar-refractivity contribution in [2.45, 2.75) is 64.5 Å². The SMILES string of the molecule is CCC1CCC(N(C)c2ccccc2[C@@H](N)CC)CC1. The summed E-state index contributed by atoms with van der Waals surface area (Å²) in [6.07, 6.45) is 7.75. The highest BCUT2D eigenvalue weighted by atomic mass is 15.1. The highest BCUT2D eigenvalue weighted by molar-refractivity contribution is 5.55. The summed E-state index contributed by atoms with van der Waals surface area (Å²) in [5.74, 6) is 0.952. The second kappa shape index (κ2) is 7.12. The molecule has 0 bridgehead atoms. The van der Waals surface area contributed by atoms with Crippen LogP contribution in [0.4, 0.5) is 5.69 Å². The molecule has 1 aromatic carbocycles. The van der Waals surface area contributed by atoms with Crippen LogP contribution in [0.3, 0.4) is 0 Å². The summed E-state index contributed by atoms with van der Waals surface area (Å²) in [5.41, 5.74) is 8.92. The summed E-state index contributed by atoms with van der Waals surface area (Å²) in [6.45, 7) is 4.48. The maximum Gasteiger partial charge on any atom is 0.0414 e. The maximum absolute atomic E-state index is 6.28. The zero-order valence-corrected chi connectivity index (χ0v) is 13.3. The van der Waals surface area contributed by atoms with Crippen LogP contribution in [-0.2, 0) is 0 Å². The average Bonchev–Trinajstić information content (AvgIpc) is 2.53. The van der Waals surface area contributed by atoms with E-state index < -0.39 is 0 Å². The molecule has 0 heterocycles. The molecular weight excluding hydrogens is 244 g/mol. The van der Waals surface area contributed by atoms with Crippen molar-refractivity contribution in [2.75, 3.05) is 11.9 Å². The molecule has 2 rings (SSSR count). The van der Waals surface area contributed by atoms with Gasteiger partial charge in [0.2, 0.25) is 0 Å². The molecule has 2 nitrogen and oxygen atoms in total. The lowest BCUT2D eigenvalue weighted by Gasteiger charge is -2.37. The number of rotatable bonds is 5. The van der Waals surface area contributed by atoms with Crippen molar-refractivity contribution in [1.82, 2.24) is 0 Å². The van der Waals surface area contributed by atoms with E-state index in [0.717, 1.165) is 12.3 Å². The summed E-state index contributed by atoms with van der Waals surface area (Å²) in [7, 11) is 2.25. The van der Waals surface area contributed by atoms with Gasteiger partial charge in [-0.3, -0.25) is 0 Å². The van der Waals surface area contributed by atoms with E-state index in [9.17, 15) is 0 Å². The summed E-state index contributed by atoms with van der Waals surface area (Å²) in [5, 5.41) is 0. The van der Waals surface area contributed by atoms with Gasteiger partial charge in [0, 0.05) is 24.8 Å². The van der Waals surface area contributed by atoms with E-state index in [4.69, 9.17) is 5.73 Å². The summed E-state index contributed by atoms with van der Waals surface area (Å²) in [6, 6.07) is 9.50. The molecule has 0 saturated heterocycles. The van der Waals surface area contributed by atoms with Crippen LogP contribution in [0.1, 0.15) is 64.0 Å². The minimum absolute atomic E-state index is 0.153. The second-order valence-electron chi connectivity index (χ2n) is 6.27. The highest BCUT2D eigenvalue weighted by Gasteiger charge is 2.24. The Hall–Kier alpha value is -1.02. The number of para-hydroxylation sites is 1. The molecule has 0 radical (unpaired) electrons. The predicted octanol–water partition coefficient (Wildman–Crippen LogP) is 4.50. The van der Waals surface area contributed by atoms with Crippen molar-refractivity contribution >= 4 is 5.69 Å². The standard InChI is InChI=1S/C18H30N2/c1-4-14-10-12-15(13-11-14)20(3)18-9-7-6-8-16(18)17(19)5-2/h6-9,14-15,17H,4-5,10-13,19H2,1-3H3/t14?,15?,17-/m0/s1. The van der Waals surface area contributed by atoms with Crippen LogP contribution in [0.25, 0.3) is 0 Å². The van der Waals surface area contributed by atoms with E-state index >= 15 is 0 Å². The Morgan fingerprint density at radius 2 is 1.80 bits per heavy atom.